The Hall–Kier alpha value is -1.55. The second kappa shape index (κ2) is 5.83. The molecular weight excluding hydrogens is 321 g/mol. The molecule has 0 spiro atoms. The fourth-order valence-electron chi connectivity index (χ4n) is 1.70. The zero-order valence-electron chi connectivity index (χ0n) is 9.99. The molecule has 0 bridgehead atoms. The Morgan fingerprint density at radius 1 is 0.850 bits per heavy atom. The molecule has 6 heteroatoms. The van der Waals surface area contributed by atoms with Crippen LogP contribution in [0.1, 0.15) is 26.3 Å². The molecule has 0 aliphatic heterocycles. The van der Waals surface area contributed by atoms with E-state index in [4.69, 9.17) is 40.5 Å². The third kappa shape index (κ3) is 2.96. The van der Waals surface area contributed by atoms with Crippen molar-refractivity contribution in [3.63, 3.8) is 0 Å². The number of carbonyl (C=O) groups excluding carboxylic acids is 2. The highest BCUT2D eigenvalue weighted by Crippen LogP contribution is 2.27. The van der Waals surface area contributed by atoms with Crippen molar-refractivity contribution in [3.8, 4) is 0 Å². The molecule has 1 amide bonds. The van der Waals surface area contributed by atoms with Gasteiger partial charge < -0.3 is 5.73 Å². The predicted molar refractivity (Wildman–Crippen MR) is 79.9 cm³/mol. The average Bonchev–Trinajstić information content (AvgIpc) is 2.41. The fraction of sp³-hybridized carbons (Fsp3) is 0. The first-order chi connectivity index (χ1) is 9.40. The number of amides is 1. The molecule has 2 N–H and O–H groups in total. The van der Waals surface area contributed by atoms with Gasteiger partial charge in [-0.25, -0.2) is 0 Å². The Kier molecular flexibility index (Phi) is 4.33. The van der Waals surface area contributed by atoms with E-state index < -0.39 is 5.91 Å². The van der Waals surface area contributed by atoms with Gasteiger partial charge in [-0.15, -0.1) is 0 Å². The molecule has 0 aliphatic carbocycles. The monoisotopic (exact) mass is 327 g/mol. The maximum atomic E-state index is 12.4. The van der Waals surface area contributed by atoms with E-state index in [9.17, 15) is 9.59 Å². The lowest BCUT2D eigenvalue weighted by Crippen LogP contribution is -2.17. The van der Waals surface area contributed by atoms with Gasteiger partial charge in [-0.05, 0) is 36.4 Å². The Balaban J connectivity index is 2.56. The predicted octanol–water partition coefficient (Wildman–Crippen LogP) is 3.98. The van der Waals surface area contributed by atoms with E-state index in [-0.39, 0.29) is 27.0 Å². The maximum Gasteiger partial charge on any atom is 0.249 e. The highest BCUT2D eigenvalue weighted by Gasteiger charge is 2.19. The van der Waals surface area contributed by atoms with Crippen molar-refractivity contribution in [3.05, 3.63) is 68.2 Å². The van der Waals surface area contributed by atoms with Gasteiger partial charge in [-0.2, -0.15) is 0 Å². The first kappa shape index (κ1) is 14.9. The topological polar surface area (TPSA) is 60.2 Å². The van der Waals surface area contributed by atoms with Gasteiger partial charge in [0.05, 0.1) is 15.6 Å². The Morgan fingerprint density at radius 2 is 1.35 bits per heavy atom. The van der Waals surface area contributed by atoms with Gasteiger partial charge in [0.15, 0.2) is 5.78 Å². The minimum Gasteiger partial charge on any atom is -0.366 e. The zero-order chi connectivity index (χ0) is 14.9. The number of primary amides is 1. The standard InChI is InChI=1S/C14H8Cl3NO2/c15-8-3-1-7(2-4-8)13(19)9-5-11(16)12(17)6-10(9)14(18)20/h1-6H,(H2,18,20). The molecule has 2 rings (SSSR count). The number of benzene rings is 2. The number of hydrogen-bond donors (Lipinski definition) is 1. The summed E-state index contributed by atoms with van der Waals surface area (Å²) >= 11 is 17.5. The Labute approximate surface area is 130 Å². The fourth-order valence-corrected chi connectivity index (χ4v) is 2.15. The van der Waals surface area contributed by atoms with Crippen molar-refractivity contribution < 1.29 is 9.59 Å². The summed E-state index contributed by atoms with van der Waals surface area (Å²) in [5.74, 6) is -1.13. The molecule has 0 aliphatic rings. The molecule has 0 aromatic heterocycles. The summed E-state index contributed by atoms with van der Waals surface area (Å²) in [6.45, 7) is 0. The molecule has 3 nitrogen and oxygen atoms in total. The van der Waals surface area contributed by atoms with Crippen LogP contribution in [-0.2, 0) is 0 Å². The summed E-state index contributed by atoms with van der Waals surface area (Å²) in [4.78, 5) is 23.8. The van der Waals surface area contributed by atoms with Gasteiger partial charge in [0.2, 0.25) is 5.91 Å². The van der Waals surface area contributed by atoms with Crippen LogP contribution in [0.25, 0.3) is 0 Å². The number of rotatable bonds is 3. The molecule has 0 heterocycles. The molecule has 0 saturated heterocycles. The van der Waals surface area contributed by atoms with Crippen LogP contribution < -0.4 is 5.73 Å². The van der Waals surface area contributed by atoms with Gasteiger partial charge in [0.1, 0.15) is 0 Å². The van der Waals surface area contributed by atoms with Crippen LogP contribution in [0, 0.1) is 0 Å². The summed E-state index contributed by atoms with van der Waals surface area (Å²) in [7, 11) is 0. The summed E-state index contributed by atoms with van der Waals surface area (Å²) in [5.41, 5.74) is 5.76. The van der Waals surface area contributed by atoms with Crippen LogP contribution in [-0.4, -0.2) is 11.7 Å². The zero-order valence-corrected chi connectivity index (χ0v) is 12.3. The molecule has 102 valence electrons. The molecule has 0 radical (unpaired) electrons. The van der Waals surface area contributed by atoms with Crippen LogP contribution in [0.15, 0.2) is 36.4 Å². The van der Waals surface area contributed by atoms with E-state index >= 15 is 0 Å². The third-order valence-electron chi connectivity index (χ3n) is 2.68. The number of hydrogen-bond acceptors (Lipinski definition) is 2. The second-order valence-corrected chi connectivity index (χ2v) is 5.26. The summed E-state index contributed by atoms with van der Waals surface area (Å²) < 4.78 is 0. The molecule has 0 atom stereocenters. The highest BCUT2D eigenvalue weighted by atomic mass is 35.5. The van der Waals surface area contributed by atoms with Crippen molar-refractivity contribution >= 4 is 46.5 Å². The lowest BCUT2D eigenvalue weighted by Gasteiger charge is -2.08. The lowest BCUT2D eigenvalue weighted by molar-refractivity contribution is 0.0981. The van der Waals surface area contributed by atoms with Crippen molar-refractivity contribution in [2.45, 2.75) is 0 Å². The van der Waals surface area contributed by atoms with E-state index in [0.29, 0.717) is 10.6 Å². The van der Waals surface area contributed by atoms with Crippen LogP contribution in [0.2, 0.25) is 15.1 Å². The van der Waals surface area contributed by atoms with E-state index in [0.717, 1.165) is 0 Å². The van der Waals surface area contributed by atoms with Crippen LogP contribution in [0.3, 0.4) is 0 Å². The summed E-state index contributed by atoms with van der Waals surface area (Å²) in [6.07, 6.45) is 0. The number of nitrogens with two attached hydrogens (primary N) is 1. The lowest BCUT2D eigenvalue weighted by atomic mass is 9.98. The molecule has 2 aromatic carbocycles. The normalized spacial score (nSPS) is 10.3. The second-order valence-electron chi connectivity index (χ2n) is 4.01. The van der Waals surface area contributed by atoms with Gasteiger partial charge >= 0.3 is 0 Å². The molecule has 20 heavy (non-hydrogen) atoms. The van der Waals surface area contributed by atoms with Crippen molar-refractivity contribution in [2.75, 3.05) is 0 Å². The van der Waals surface area contributed by atoms with Crippen molar-refractivity contribution in [1.82, 2.24) is 0 Å². The van der Waals surface area contributed by atoms with Gasteiger partial charge in [0.25, 0.3) is 0 Å². The van der Waals surface area contributed by atoms with Gasteiger partial charge in [-0.1, -0.05) is 34.8 Å². The molecule has 0 unspecified atom stereocenters. The summed E-state index contributed by atoms with van der Waals surface area (Å²) in [5, 5.41) is 0.841. The number of ketones is 1. The number of carbonyl (C=O) groups is 2. The third-order valence-corrected chi connectivity index (χ3v) is 3.65. The minimum absolute atomic E-state index is 0.0272. The Morgan fingerprint density at radius 3 is 1.85 bits per heavy atom. The van der Waals surface area contributed by atoms with E-state index in [2.05, 4.69) is 0 Å². The summed E-state index contributed by atoms with van der Waals surface area (Å²) in [6, 6.07) is 8.89. The average molecular weight is 329 g/mol. The van der Waals surface area contributed by atoms with E-state index in [1.54, 1.807) is 24.3 Å². The van der Waals surface area contributed by atoms with Gasteiger partial charge in [-0.3, -0.25) is 9.59 Å². The minimum atomic E-state index is -0.749. The number of halogens is 3. The Bertz CT molecular complexity index is 696. The highest BCUT2D eigenvalue weighted by molar-refractivity contribution is 6.42. The van der Waals surface area contributed by atoms with E-state index in [1.807, 2.05) is 0 Å². The largest absolute Gasteiger partial charge is 0.366 e. The molecule has 0 saturated carbocycles. The van der Waals surface area contributed by atoms with Crippen LogP contribution in [0.4, 0.5) is 0 Å². The smallest absolute Gasteiger partial charge is 0.249 e. The first-order valence-electron chi connectivity index (χ1n) is 5.49. The van der Waals surface area contributed by atoms with Crippen LogP contribution >= 0.6 is 34.8 Å². The molecular formula is C14H8Cl3NO2. The van der Waals surface area contributed by atoms with Crippen molar-refractivity contribution in [1.29, 1.82) is 0 Å². The quantitative estimate of drug-likeness (QED) is 0.866. The van der Waals surface area contributed by atoms with E-state index in [1.165, 1.54) is 12.1 Å². The molecule has 2 aromatic rings. The maximum absolute atomic E-state index is 12.4. The first-order valence-corrected chi connectivity index (χ1v) is 6.62. The van der Waals surface area contributed by atoms with Gasteiger partial charge in [0, 0.05) is 16.1 Å². The molecule has 0 fully saturated rings. The SMILES string of the molecule is NC(=O)c1cc(Cl)c(Cl)cc1C(=O)c1ccc(Cl)cc1. The van der Waals surface area contributed by atoms with Crippen LogP contribution in [0.5, 0.6) is 0 Å². The van der Waals surface area contributed by atoms with Crippen molar-refractivity contribution in [2.24, 2.45) is 5.73 Å².